The van der Waals surface area contributed by atoms with Gasteiger partial charge in [-0.2, -0.15) is 0 Å². The summed E-state index contributed by atoms with van der Waals surface area (Å²) in [5.41, 5.74) is 5.30. The van der Waals surface area contributed by atoms with Crippen molar-refractivity contribution in [1.82, 2.24) is 0 Å². The van der Waals surface area contributed by atoms with E-state index in [-0.39, 0.29) is 0 Å². The van der Waals surface area contributed by atoms with E-state index in [9.17, 15) is 0 Å². The third-order valence-corrected chi connectivity index (χ3v) is 3.87. The highest BCUT2D eigenvalue weighted by Crippen LogP contribution is 2.23. The lowest BCUT2D eigenvalue weighted by Gasteiger charge is -2.11. The summed E-state index contributed by atoms with van der Waals surface area (Å²) in [7, 11) is 4.11. The first-order valence-electron chi connectivity index (χ1n) is 7.10. The molecule has 2 heteroatoms. The number of fused-ring (bicyclic) bond motifs is 1. The Labute approximate surface area is 120 Å². The van der Waals surface area contributed by atoms with E-state index in [0.29, 0.717) is 6.04 Å². The molecule has 2 nitrogen and oxygen atoms in total. The van der Waals surface area contributed by atoms with Crippen LogP contribution in [0.25, 0.3) is 0 Å². The average Bonchev–Trinajstić information content (AvgIpc) is 2.88. The van der Waals surface area contributed by atoms with E-state index in [2.05, 4.69) is 67.5 Å². The molecule has 0 radical (unpaired) electrons. The molecule has 2 aromatic rings. The number of nitrogens with zero attached hydrogens (tertiary/aromatic N) is 2. The molecule has 0 bridgehead atoms. The molecule has 0 unspecified atom stereocenters. The molecule has 1 aliphatic carbocycles. The summed E-state index contributed by atoms with van der Waals surface area (Å²) in [5.74, 6) is 0. The zero-order valence-electron chi connectivity index (χ0n) is 12.1. The molecule has 0 heterocycles. The fourth-order valence-electron chi connectivity index (χ4n) is 2.69. The molecular weight excluding hydrogens is 244 g/mol. The fraction of sp³-hybridized carbons (Fsp3) is 0.278. The van der Waals surface area contributed by atoms with Gasteiger partial charge in [0.15, 0.2) is 0 Å². The van der Waals surface area contributed by atoms with Crippen molar-refractivity contribution in [1.29, 1.82) is 0 Å². The zero-order valence-corrected chi connectivity index (χ0v) is 12.1. The van der Waals surface area contributed by atoms with Gasteiger partial charge in [0, 0.05) is 26.0 Å². The van der Waals surface area contributed by atoms with Crippen molar-refractivity contribution in [2.45, 2.75) is 18.9 Å². The topological polar surface area (TPSA) is 15.6 Å². The maximum absolute atomic E-state index is 4.74. The summed E-state index contributed by atoms with van der Waals surface area (Å²) < 4.78 is 0. The molecule has 0 spiro atoms. The van der Waals surface area contributed by atoms with E-state index < -0.39 is 0 Å². The van der Waals surface area contributed by atoms with E-state index in [1.54, 1.807) is 0 Å². The minimum atomic E-state index is 0.404. The standard InChI is InChI=1S/C18H20N2/c1-20(2)18-9-7-14(8-10-18)13-19-17-11-15-5-3-4-6-16(15)12-17/h3-10,13,17H,11-12H2,1-2H3. The molecule has 1 aliphatic rings. The van der Waals surface area contributed by atoms with Gasteiger partial charge < -0.3 is 4.90 Å². The second-order valence-corrected chi connectivity index (χ2v) is 5.59. The second kappa shape index (κ2) is 5.49. The van der Waals surface area contributed by atoms with Gasteiger partial charge in [0.25, 0.3) is 0 Å². The predicted octanol–water partition coefficient (Wildman–Crippen LogP) is 3.34. The SMILES string of the molecule is CN(C)c1ccc(C=NC2Cc3ccccc3C2)cc1. The fourth-order valence-corrected chi connectivity index (χ4v) is 2.69. The first-order chi connectivity index (χ1) is 9.72. The van der Waals surface area contributed by atoms with Crippen LogP contribution in [0.3, 0.4) is 0 Å². The van der Waals surface area contributed by atoms with E-state index in [1.807, 2.05) is 6.21 Å². The quantitative estimate of drug-likeness (QED) is 0.776. The van der Waals surface area contributed by atoms with Crippen LogP contribution in [-0.2, 0) is 12.8 Å². The van der Waals surface area contributed by atoms with E-state index in [0.717, 1.165) is 12.8 Å². The van der Waals surface area contributed by atoms with Gasteiger partial charge in [-0.1, -0.05) is 36.4 Å². The molecule has 0 fully saturated rings. The van der Waals surface area contributed by atoms with Gasteiger partial charge in [-0.3, -0.25) is 4.99 Å². The highest BCUT2D eigenvalue weighted by atomic mass is 15.1. The normalized spacial score (nSPS) is 14.7. The largest absolute Gasteiger partial charge is 0.378 e. The molecule has 102 valence electrons. The molecule has 0 saturated heterocycles. The molecule has 3 rings (SSSR count). The number of rotatable bonds is 3. The van der Waals surface area contributed by atoms with Crippen LogP contribution >= 0.6 is 0 Å². The zero-order chi connectivity index (χ0) is 13.9. The Kier molecular flexibility index (Phi) is 3.55. The van der Waals surface area contributed by atoms with E-state index in [1.165, 1.54) is 22.4 Å². The van der Waals surface area contributed by atoms with Gasteiger partial charge in [0.2, 0.25) is 0 Å². The summed E-state index contributed by atoms with van der Waals surface area (Å²) in [6, 6.07) is 17.6. The number of hydrogen-bond donors (Lipinski definition) is 0. The van der Waals surface area contributed by atoms with Gasteiger partial charge in [-0.25, -0.2) is 0 Å². The molecule has 20 heavy (non-hydrogen) atoms. The van der Waals surface area contributed by atoms with Crippen molar-refractivity contribution in [3.8, 4) is 0 Å². The number of hydrogen-bond acceptors (Lipinski definition) is 2. The summed E-state index contributed by atoms with van der Waals surface area (Å²) >= 11 is 0. The van der Waals surface area contributed by atoms with E-state index in [4.69, 9.17) is 4.99 Å². The monoisotopic (exact) mass is 264 g/mol. The molecule has 0 saturated carbocycles. The number of aliphatic imine (C=N–C) groups is 1. The van der Waals surface area contributed by atoms with Crippen molar-refractivity contribution in [2.75, 3.05) is 19.0 Å². The smallest absolute Gasteiger partial charge is 0.0580 e. The lowest BCUT2D eigenvalue weighted by atomic mass is 10.1. The first-order valence-corrected chi connectivity index (χ1v) is 7.10. The summed E-state index contributed by atoms with van der Waals surface area (Å²) in [5, 5.41) is 0. The van der Waals surface area contributed by atoms with Gasteiger partial charge in [-0.05, 0) is 41.7 Å². The van der Waals surface area contributed by atoms with Crippen molar-refractivity contribution in [2.24, 2.45) is 4.99 Å². The maximum Gasteiger partial charge on any atom is 0.0580 e. The Morgan fingerprint density at radius 2 is 1.55 bits per heavy atom. The van der Waals surface area contributed by atoms with Gasteiger partial charge in [-0.15, -0.1) is 0 Å². The van der Waals surface area contributed by atoms with Gasteiger partial charge >= 0.3 is 0 Å². The van der Waals surface area contributed by atoms with Crippen LogP contribution in [0.1, 0.15) is 16.7 Å². The summed E-state index contributed by atoms with van der Waals surface area (Å²) in [6.45, 7) is 0. The van der Waals surface area contributed by atoms with Crippen LogP contribution in [-0.4, -0.2) is 26.4 Å². The Bertz CT molecular complexity index is 587. The van der Waals surface area contributed by atoms with Gasteiger partial charge in [0.05, 0.1) is 6.04 Å². The molecule has 2 aromatic carbocycles. The van der Waals surface area contributed by atoms with Crippen LogP contribution in [0, 0.1) is 0 Å². The molecular formula is C18H20N2. The van der Waals surface area contributed by atoms with Crippen molar-refractivity contribution in [3.63, 3.8) is 0 Å². The molecule has 0 atom stereocenters. The third-order valence-electron chi connectivity index (χ3n) is 3.87. The third kappa shape index (κ3) is 2.74. The van der Waals surface area contributed by atoms with Crippen molar-refractivity contribution >= 4 is 11.9 Å². The van der Waals surface area contributed by atoms with Crippen LogP contribution in [0.15, 0.2) is 53.5 Å². The predicted molar refractivity (Wildman–Crippen MR) is 86.0 cm³/mol. The summed E-state index contributed by atoms with van der Waals surface area (Å²) in [4.78, 5) is 6.85. The van der Waals surface area contributed by atoms with Crippen LogP contribution in [0.2, 0.25) is 0 Å². The van der Waals surface area contributed by atoms with Gasteiger partial charge in [0.1, 0.15) is 0 Å². The first kappa shape index (κ1) is 12.9. The van der Waals surface area contributed by atoms with Crippen LogP contribution < -0.4 is 4.90 Å². The molecule has 0 amide bonds. The Morgan fingerprint density at radius 3 is 2.10 bits per heavy atom. The number of benzene rings is 2. The Hall–Kier alpha value is -2.09. The van der Waals surface area contributed by atoms with Crippen LogP contribution in [0.4, 0.5) is 5.69 Å². The Balaban J connectivity index is 1.67. The minimum absolute atomic E-state index is 0.404. The minimum Gasteiger partial charge on any atom is -0.378 e. The number of anilines is 1. The van der Waals surface area contributed by atoms with E-state index >= 15 is 0 Å². The van der Waals surface area contributed by atoms with Crippen LogP contribution in [0.5, 0.6) is 0 Å². The molecule has 0 aliphatic heterocycles. The van der Waals surface area contributed by atoms with Crippen molar-refractivity contribution < 1.29 is 0 Å². The highest BCUT2D eigenvalue weighted by Gasteiger charge is 2.19. The second-order valence-electron chi connectivity index (χ2n) is 5.59. The Morgan fingerprint density at radius 1 is 0.950 bits per heavy atom. The lowest BCUT2D eigenvalue weighted by Crippen LogP contribution is -2.08. The lowest BCUT2D eigenvalue weighted by molar-refractivity contribution is 0.727. The van der Waals surface area contributed by atoms with Crippen molar-refractivity contribution in [3.05, 3.63) is 65.2 Å². The maximum atomic E-state index is 4.74. The summed E-state index contributed by atoms with van der Waals surface area (Å²) in [6.07, 6.45) is 4.15. The molecule has 0 N–H and O–H groups in total. The molecule has 0 aromatic heterocycles. The average molecular weight is 264 g/mol. The highest BCUT2D eigenvalue weighted by molar-refractivity contribution is 5.80.